The molecular formula is C10H13BrN2O2. The van der Waals surface area contributed by atoms with Crippen LogP contribution in [0.3, 0.4) is 0 Å². The first-order valence-electron chi connectivity index (χ1n) is 4.99. The molecule has 5 heteroatoms. The first-order valence-corrected chi connectivity index (χ1v) is 5.79. The summed E-state index contributed by atoms with van der Waals surface area (Å²) >= 11 is 3.30. The Bertz CT molecular complexity index is 320. The molecule has 0 aromatic carbocycles. The summed E-state index contributed by atoms with van der Waals surface area (Å²) in [4.78, 5) is 8.28. The van der Waals surface area contributed by atoms with Crippen molar-refractivity contribution in [2.24, 2.45) is 0 Å². The van der Waals surface area contributed by atoms with Crippen molar-refractivity contribution in [3.8, 4) is 5.88 Å². The molecule has 1 aliphatic heterocycles. The van der Waals surface area contributed by atoms with Crippen LogP contribution in [0.2, 0.25) is 0 Å². The van der Waals surface area contributed by atoms with Gasteiger partial charge < -0.3 is 9.47 Å². The van der Waals surface area contributed by atoms with Gasteiger partial charge in [-0.15, -0.1) is 0 Å². The minimum Gasteiger partial charge on any atom is -0.475 e. The van der Waals surface area contributed by atoms with E-state index in [1.54, 1.807) is 6.07 Å². The van der Waals surface area contributed by atoms with E-state index in [1.807, 2.05) is 6.92 Å². The Hall–Kier alpha value is -0.680. The van der Waals surface area contributed by atoms with Crippen LogP contribution in [-0.2, 0) is 4.74 Å². The quantitative estimate of drug-likeness (QED) is 0.791. The van der Waals surface area contributed by atoms with Gasteiger partial charge in [0.25, 0.3) is 0 Å². The summed E-state index contributed by atoms with van der Waals surface area (Å²) in [5.41, 5.74) is 0. The number of aromatic nitrogens is 2. The molecule has 0 radical (unpaired) electrons. The summed E-state index contributed by atoms with van der Waals surface area (Å²) in [6, 6.07) is 1.77. The Balaban J connectivity index is 1.92. The van der Waals surface area contributed by atoms with Crippen LogP contribution >= 0.6 is 15.9 Å². The molecule has 0 N–H and O–H groups in total. The van der Waals surface area contributed by atoms with Crippen molar-refractivity contribution >= 4 is 15.9 Å². The van der Waals surface area contributed by atoms with Crippen molar-refractivity contribution in [1.82, 2.24) is 9.97 Å². The van der Waals surface area contributed by atoms with E-state index in [9.17, 15) is 0 Å². The highest BCUT2D eigenvalue weighted by Gasteiger charge is 2.16. The third-order valence-electron chi connectivity index (χ3n) is 2.22. The fraction of sp³-hybridized carbons (Fsp3) is 0.600. The van der Waals surface area contributed by atoms with Crippen LogP contribution in [0.25, 0.3) is 0 Å². The molecule has 4 nitrogen and oxygen atoms in total. The van der Waals surface area contributed by atoms with Crippen LogP contribution in [0.5, 0.6) is 5.88 Å². The highest BCUT2D eigenvalue weighted by atomic mass is 79.9. The first-order chi connectivity index (χ1) is 7.24. The normalized spacial score (nSPS) is 20.5. The van der Waals surface area contributed by atoms with Crippen LogP contribution in [0.1, 0.15) is 18.7 Å². The monoisotopic (exact) mass is 272 g/mol. The molecule has 82 valence electrons. The lowest BCUT2D eigenvalue weighted by Crippen LogP contribution is -2.16. The van der Waals surface area contributed by atoms with Crippen LogP contribution in [0.15, 0.2) is 10.7 Å². The zero-order valence-electron chi connectivity index (χ0n) is 8.57. The van der Waals surface area contributed by atoms with Crippen molar-refractivity contribution in [2.45, 2.75) is 25.9 Å². The summed E-state index contributed by atoms with van der Waals surface area (Å²) < 4.78 is 11.7. The number of hydrogen-bond donors (Lipinski definition) is 0. The summed E-state index contributed by atoms with van der Waals surface area (Å²) in [6.45, 7) is 3.26. The Labute approximate surface area is 97.1 Å². The predicted molar refractivity (Wildman–Crippen MR) is 58.9 cm³/mol. The van der Waals surface area contributed by atoms with E-state index in [0.29, 0.717) is 18.3 Å². The number of nitrogens with zero attached hydrogens (tertiary/aromatic N) is 2. The standard InChI is InChI=1S/C10H13BrN2O2/c1-7-12-9(11)5-10(13-7)15-6-8-3-2-4-14-8/h5,8H,2-4,6H2,1H3. The maximum Gasteiger partial charge on any atom is 0.217 e. The molecule has 1 fully saturated rings. The van der Waals surface area contributed by atoms with E-state index in [4.69, 9.17) is 9.47 Å². The fourth-order valence-electron chi connectivity index (χ4n) is 1.53. The molecule has 1 unspecified atom stereocenters. The third kappa shape index (κ3) is 3.14. The average Bonchev–Trinajstić information content (AvgIpc) is 2.65. The van der Waals surface area contributed by atoms with Crippen molar-refractivity contribution in [3.05, 3.63) is 16.5 Å². The highest BCUT2D eigenvalue weighted by molar-refractivity contribution is 9.10. The van der Waals surface area contributed by atoms with Crippen LogP contribution < -0.4 is 4.74 Å². The fourth-order valence-corrected chi connectivity index (χ4v) is 1.99. The zero-order chi connectivity index (χ0) is 10.7. The third-order valence-corrected chi connectivity index (χ3v) is 2.63. The number of aryl methyl sites for hydroxylation is 1. The number of halogens is 1. The second kappa shape index (κ2) is 4.90. The number of rotatable bonds is 3. The van der Waals surface area contributed by atoms with Crippen molar-refractivity contribution in [1.29, 1.82) is 0 Å². The average molecular weight is 273 g/mol. The molecule has 2 heterocycles. The van der Waals surface area contributed by atoms with Gasteiger partial charge in [0.1, 0.15) is 17.0 Å². The van der Waals surface area contributed by atoms with Crippen LogP contribution in [0, 0.1) is 6.92 Å². The molecule has 1 aliphatic rings. The van der Waals surface area contributed by atoms with E-state index in [1.165, 1.54) is 0 Å². The van der Waals surface area contributed by atoms with Gasteiger partial charge >= 0.3 is 0 Å². The Morgan fingerprint density at radius 3 is 3.13 bits per heavy atom. The second-order valence-electron chi connectivity index (χ2n) is 3.52. The van der Waals surface area contributed by atoms with Gasteiger partial charge in [0.05, 0.1) is 6.10 Å². The van der Waals surface area contributed by atoms with E-state index in [2.05, 4.69) is 25.9 Å². The molecule has 15 heavy (non-hydrogen) atoms. The van der Waals surface area contributed by atoms with Gasteiger partial charge in [0, 0.05) is 12.7 Å². The Morgan fingerprint density at radius 2 is 2.47 bits per heavy atom. The number of hydrogen-bond acceptors (Lipinski definition) is 4. The molecule has 0 spiro atoms. The molecule has 1 aromatic heterocycles. The summed E-state index contributed by atoms with van der Waals surface area (Å²) in [7, 11) is 0. The maximum absolute atomic E-state index is 5.55. The second-order valence-corrected chi connectivity index (χ2v) is 4.33. The molecule has 0 saturated carbocycles. The van der Waals surface area contributed by atoms with Gasteiger partial charge in [0.15, 0.2) is 0 Å². The van der Waals surface area contributed by atoms with E-state index < -0.39 is 0 Å². The highest BCUT2D eigenvalue weighted by Crippen LogP contribution is 2.17. The molecule has 1 saturated heterocycles. The topological polar surface area (TPSA) is 44.2 Å². The van der Waals surface area contributed by atoms with Gasteiger partial charge in [-0.1, -0.05) is 0 Å². The largest absolute Gasteiger partial charge is 0.475 e. The maximum atomic E-state index is 5.55. The molecule has 2 rings (SSSR count). The first kappa shape index (κ1) is 10.8. The van der Waals surface area contributed by atoms with Crippen molar-refractivity contribution < 1.29 is 9.47 Å². The Kier molecular flexibility index (Phi) is 3.53. The van der Waals surface area contributed by atoms with Crippen molar-refractivity contribution in [2.75, 3.05) is 13.2 Å². The SMILES string of the molecule is Cc1nc(Br)cc(OCC2CCCO2)n1. The molecule has 0 aliphatic carbocycles. The van der Waals surface area contributed by atoms with E-state index >= 15 is 0 Å². The van der Waals surface area contributed by atoms with E-state index in [0.717, 1.165) is 24.1 Å². The summed E-state index contributed by atoms with van der Waals surface area (Å²) in [6.07, 6.45) is 2.42. The van der Waals surface area contributed by atoms with Gasteiger partial charge in [-0.2, -0.15) is 4.98 Å². The molecule has 1 atom stereocenters. The van der Waals surface area contributed by atoms with Gasteiger partial charge in [-0.3, -0.25) is 0 Å². The zero-order valence-corrected chi connectivity index (χ0v) is 10.2. The van der Waals surface area contributed by atoms with Crippen LogP contribution in [-0.4, -0.2) is 29.3 Å². The molecule has 0 amide bonds. The minimum atomic E-state index is 0.221. The van der Waals surface area contributed by atoms with Gasteiger partial charge in [-0.05, 0) is 35.7 Å². The Morgan fingerprint density at radius 1 is 1.60 bits per heavy atom. The lowest BCUT2D eigenvalue weighted by Gasteiger charge is -2.10. The lowest BCUT2D eigenvalue weighted by atomic mass is 10.2. The van der Waals surface area contributed by atoms with Crippen LogP contribution in [0.4, 0.5) is 0 Å². The summed E-state index contributed by atoms with van der Waals surface area (Å²) in [5, 5.41) is 0. The van der Waals surface area contributed by atoms with E-state index in [-0.39, 0.29) is 6.10 Å². The summed E-state index contributed by atoms with van der Waals surface area (Å²) in [5.74, 6) is 1.30. The molecule has 0 bridgehead atoms. The lowest BCUT2D eigenvalue weighted by molar-refractivity contribution is 0.0662. The number of ether oxygens (including phenoxy) is 2. The minimum absolute atomic E-state index is 0.221. The smallest absolute Gasteiger partial charge is 0.217 e. The van der Waals surface area contributed by atoms with Gasteiger partial charge in [-0.25, -0.2) is 4.98 Å². The molecule has 1 aromatic rings. The molecular weight excluding hydrogens is 260 g/mol. The van der Waals surface area contributed by atoms with Crippen molar-refractivity contribution in [3.63, 3.8) is 0 Å². The van der Waals surface area contributed by atoms with Gasteiger partial charge in [0.2, 0.25) is 5.88 Å². The predicted octanol–water partition coefficient (Wildman–Crippen LogP) is 2.11.